The molecule has 21 heavy (non-hydrogen) atoms. The van der Waals surface area contributed by atoms with Crippen molar-refractivity contribution in [1.29, 1.82) is 0 Å². The number of ether oxygens (including phenoxy) is 1. The molecule has 2 aromatic rings. The van der Waals surface area contributed by atoms with Gasteiger partial charge < -0.3 is 10.1 Å². The van der Waals surface area contributed by atoms with E-state index in [9.17, 15) is 0 Å². The summed E-state index contributed by atoms with van der Waals surface area (Å²) in [6, 6.07) is 10.6. The number of hydrogen-bond donors (Lipinski definition) is 1. The van der Waals surface area contributed by atoms with Gasteiger partial charge in [0.15, 0.2) is 0 Å². The van der Waals surface area contributed by atoms with Gasteiger partial charge in [0.2, 0.25) is 5.88 Å². The minimum absolute atomic E-state index is 0.377. The molecular formula is C17H25N3O. The van der Waals surface area contributed by atoms with Gasteiger partial charge >= 0.3 is 0 Å². The first-order valence-electron chi connectivity index (χ1n) is 7.65. The summed E-state index contributed by atoms with van der Waals surface area (Å²) in [5.74, 6) is 1.62. The monoisotopic (exact) mass is 287 g/mol. The second-order valence-corrected chi connectivity index (χ2v) is 5.34. The molecule has 4 heteroatoms. The molecule has 0 radical (unpaired) electrons. The molecule has 4 nitrogen and oxygen atoms in total. The predicted molar refractivity (Wildman–Crippen MR) is 85.8 cm³/mol. The van der Waals surface area contributed by atoms with Crippen LogP contribution in [0.25, 0.3) is 0 Å². The SMILES string of the molecule is CCCNC(CC)c1cccc(Oc2cc(C)nn2C)c1. The van der Waals surface area contributed by atoms with Gasteiger partial charge in [0.05, 0.1) is 5.69 Å². The highest BCUT2D eigenvalue weighted by atomic mass is 16.5. The number of rotatable bonds is 7. The molecule has 1 aromatic heterocycles. The quantitative estimate of drug-likeness (QED) is 0.837. The standard InChI is InChI=1S/C17H25N3O/c1-5-10-18-16(6-2)14-8-7-9-15(12-14)21-17-11-13(3)19-20(17)4/h7-9,11-12,16,18H,5-6,10H2,1-4H3. The summed E-state index contributed by atoms with van der Waals surface area (Å²) in [6.45, 7) is 7.38. The molecule has 0 bridgehead atoms. The van der Waals surface area contributed by atoms with Crippen LogP contribution >= 0.6 is 0 Å². The van der Waals surface area contributed by atoms with Gasteiger partial charge in [0.25, 0.3) is 0 Å². The van der Waals surface area contributed by atoms with Gasteiger partial charge in [-0.15, -0.1) is 0 Å². The maximum Gasteiger partial charge on any atom is 0.217 e. The van der Waals surface area contributed by atoms with Crippen molar-refractivity contribution in [3.05, 3.63) is 41.6 Å². The van der Waals surface area contributed by atoms with E-state index >= 15 is 0 Å². The highest BCUT2D eigenvalue weighted by molar-refractivity contribution is 5.33. The molecule has 1 unspecified atom stereocenters. The van der Waals surface area contributed by atoms with E-state index in [-0.39, 0.29) is 0 Å². The minimum atomic E-state index is 0.377. The zero-order chi connectivity index (χ0) is 15.2. The molecule has 0 aliphatic carbocycles. The van der Waals surface area contributed by atoms with Crippen molar-refractivity contribution in [2.75, 3.05) is 6.54 Å². The van der Waals surface area contributed by atoms with Crippen LogP contribution in [0.15, 0.2) is 30.3 Å². The van der Waals surface area contributed by atoms with Crippen molar-refractivity contribution in [3.63, 3.8) is 0 Å². The first-order chi connectivity index (χ1) is 10.1. The lowest BCUT2D eigenvalue weighted by Gasteiger charge is -2.18. The van der Waals surface area contributed by atoms with Crippen LogP contribution in [0.5, 0.6) is 11.6 Å². The minimum Gasteiger partial charge on any atom is -0.439 e. The maximum absolute atomic E-state index is 5.94. The highest BCUT2D eigenvalue weighted by Crippen LogP contribution is 2.26. The van der Waals surface area contributed by atoms with Crippen molar-refractivity contribution in [2.24, 2.45) is 7.05 Å². The lowest BCUT2D eigenvalue weighted by molar-refractivity contribution is 0.428. The normalized spacial score (nSPS) is 12.4. The van der Waals surface area contributed by atoms with E-state index in [1.54, 1.807) is 4.68 Å². The summed E-state index contributed by atoms with van der Waals surface area (Å²) in [7, 11) is 1.89. The number of benzene rings is 1. The van der Waals surface area contributed by atoms with Crippen LogP contribution < -0.4 is 10.1 Å². The Labute approximate surface area is 127 Å². The average Bonchev–Trinajstić information content (AvgIpc) is 2.78. The smallest absolute Gasteiger partial charge is 0.217 e. The van der Waals surface area contributed by atoms with Crippen molar-refractivity contribution in [3.8, 4) is 11.6 Å². The van der Waals surface area contributed by atoms with Gasteiger partial charge in [0, 0.05) is 19.2 Å². The first kappa shape index (κ1) is 15.6. The van der Waals surface area contributed by atoms with Crippen molar-refractivity contribution < 1.29 is 4.74 Å². The molecule has 2 rings (SSSR count). The van der Waals surface area contributed by atoms with E-state index < -0.39 is 0 Å². The predicted octanol–water partition coefficient (Wildman–Crippen LogP) is 3.97. The van der Waals surface area contributed by atoms with E-state index in [1.165, 1.54) is 5.56 Å². The molecule has 0 aliphatic rings. The fourth-order valence-electron chi connectivity index (χ4n) is 2.41. The maximum atomic E-state index is 5.94. The van der Waals surface area contributed by atoms with Gasteiger partial charge in [-0.05, 0) is 44.0 Å². The lowest BCUT2D eigenvalue weighted by Crippen LogP contribution is -2.21. The third kappa shape index (κ3) is 4.08. The Morgan fingerprint density at radius 1 is 1.29 bits per heavy atom. The Bertz CT molecular complexity index is 577. The van der Waals surface area contributed by atoms with Crippen LogP contribution in [0.3, 0.4) is 0 Å². The molecule has 1 heterocycles. The molecule has 0 aliphatic heterocycles. The molecule has 0 spiro atoms. The largest absolute Gasteiger partial charge is 0.439 e. The summed E-state index contributed by atoms with van der Waals surface area (Å²) < 4.78 is 7.70. The van der Waals surface area contributed by atoms with Crippen LogP contribution in [-0.2, 0) is 7.05 Å². The molecule has 114 valence electrons. The number of nitrogens with one attached hydrogen (secondary N) is 1. The molecule has 1 N–H and O–H groups in total. The van der Waals surface area contributed by atoms with E-state index in [4.69, 9.17) is 4.74 Å². The Balaban J connectivity index is 2.15. The lowest BCUT2D eigenvalue weighted by atomic mass is 10.0. The van der Waals surface area contributed by atoms with E-state index in [1.807, 2.05) is 32.2 Å². The van der Waals surface area contributed by atoms with Crippen LogP contribution in [0.1, 0.15) is 44.0 Å². The van der Waals surface area contributed by atoms with E-state index in [0.29, 0.717) is 6.04 Å². The number of aryl methyl sites for hydroxylation is 2. The van der Waals surface area contributed by atoms with E-state index in [2.05, 4.69) is 36.4 Å². The average molecular weight is 287 g/mol. The first-order valence-corrected chi connectivity index (χ1v) is 7.65. The zero-order valence-corrected chi connectivity index (χ0v) is 13.4. The Morgan fingerprint density at radius 3 is 2.71 bits per heavy atom. The van der Waals surface area contributed by atoms with Gasteiger partial charge in [-0.2, -0.15) is 5.10 Å². The summed E-state index contributed by atoms with van der Waals surface area (Å²) in [5.41, 5.74) is 2.22. The third-order valence-corrected chi connectivity index (χ3v) is 3.49. The number of aromatic nitrogens is 2. The van der Waals surface area contributed by atoms with Gasteiger partial charge in [-0.3, -0.25) is 0 Å². The van der Waals surface area contributed by atoms with Crippen molar-refractivity contribution in [2.45, 2.75) is 39.7 Å². The Hall–Kier alpha value is -1.81. The third-order valence-electron chi connectivity index (χ3n) is 3.49. The van der Waals surface area contributed by atoms with Gasteiger partial charge in [-0.1, -0.05) is 26.0 Å². The second kappa shape index (κ2) is 7.27. The summed E-state index contributed by atoms with van der Waals surface area (Å²) in [6.07, 6.45) is 2.20. The molecular weight excluding hydrogens is 262 g/mol. The highest BCUT2D eigenvalue weighted by Gasteiger charge is 2.10. The molecule has 0 fully saturated rings. The Kier molecular flexibility index (Phi) is 5.39. The number of nitrogens with zero attached hydrogens (tertiary/aromatic N) is 2. The van der Waals surface area contributed by atoms with Gasteiger partial charge in [-0.25, -0.2) is 4.68 Å². The zero-order valence-electron chi connectivity index (χ0n) is 13.4. The molecule has 0 saturated heterocycles. The molecule has 1 aromatic carbocycles. The summed E-state index contributed by atoms with van der Waals surface area (Å²) in [5, 5.41) is 7.87. The molecule has 1 atom stereocenters. The number of hydrogen-bond acceptors (Lipinski definition) is 3. The van der Waals surface area contributed by atoms with Crippen LogP contribution in [0.4, 0.5) is 0 Å². The fourth-order valence-corrected chi connectivity index (χ4v) is 2.41. The Morgan fingerprint density at radius 2 is 2.10 bits per heavy atom. The summed E-state index contributed by atoms with van der Waals surface area (Å²) in [4.78, 5) is 0. The second-order valence-electron chi connectivity index (χ2n) is 5.34. The van der Waals surface area contributed by atoms with Crippen molar-refractivity contribution >= 4 is 0 Å². The van der Waals surface area contributed by atoms with Crippen LogP contribution in [0.2, 0.25) is 0 Å². The molecule has 0 amide bonds. The van der Waals surface area contributed by atoms with Crippen LogP contribution in [0, 0.1) is 6.92 Å². The van der Waals surface area contributed by atoms with Crippen LogP contribution in [-0.4, -0.2) is 16.3 Å². The topological polar surface area (TPSA) is 39.1 Å². The van der Waals surface area contributed by atoms with E-state index in [0.717, 1.165) is 36.7 Å². The summed E-state index contributed by atoms with van der Waals surface area (Å²) >= 11 is 0. The van der Waals surface area contributed by atoms with Crippen molar-refractivity contribution in [1.82, 2.24) is 15.1 Å². The molecule has 0 saturated carbocycles. The van der Waals surface area contributed by atoms with Gasteiger partial charge in [0.1, 0.15) is 5.75 Å². The fraction of sp³-hybridized carbons (Fsp3) is 0.471.